The van der Waals surface area contributed by atoms with Crippen molar-refractivity contribution in [3.63, 3.8) is 0 Å². The Bertz CT molecular complexity index is 1850. The van der Waals surface area contributed by atoms with Crippen molar-refractivity contribution in [2.45, 2.75) is 11.7 Å². The molecule has 1 aromatic heterocycles. The number of fused-ring (bicyclic) bond motifs is 1. The summed E-state index contributed by atoms with van der Waals surface area (Å²) in [7, 11) is 0. The number of aromatic nitrogens is 3. The van der Waals surface area contributed by atoms with E-state index in [1.165, 1.54) is 11.8 Å². The Hall–Kier alpha value is -5.41. The van der Waals surface area contributed by atoms with E-state index < -0.39 is 0 Å². The summed E-state index contributed by atoms with van der Waals surface area (Å²) in [5.41, 5.74) is 5.33. The molecule has 1 heterocycles. The molecule has 2 N–H and O–H groups in total. The van der Waals surface area contributed by atoms with E-state index in [1.807, 2.05) is 108 Å². The van der Waals surface area contributed by atoms with Crippen molar-refractivity contribution in [3.8, 4) is 17.2 Å². The van der Waals surface area contributed by atoms with Gasteiger partial charge in [-0.25, -0.2) is 5.43 Å². The molecule has 6 aromatic rings. The van der Waals surface area contributed by atoms with Crippen LogP contribution in [0.4, 0.5) is 5.69 Å². The van der Waals surface area contributed by atoms with Gasteiger partial charge in [0.2, 0.25) is 0 Å². The van der Waals surface area contributed by atoms with Gasteiger partial charge in [0.15, 0.2) is 11.0 Å². The maximum absolute atomic E-state index is 12.7. The molecule has 43 heavy (non-hydrogen) atoms. The van der Waals surface area contributed by atoms with Gasteiger partial charge in [-0.3, -0.25) is 9.36 Å². The first-order valence-electron chi connectivity index (χ1n) is 13.7. The summed E-state index contributed by atoms with van der Waals surface area (Å²) in [4.78, 5) is 12.7. The Morgan fingerprint density at radius 3 is 2.40 bits per heavy atom. The number of ether oxygens (including phenoxy) is 1. The van der Waals surface area contributed by atoms with E-state index in [0.717, 1.165) is 39.3 Å². The standard InChI is InChI=1S/C34H28N6O2S/c41-33(38-36-22-25-11-9-18-29(21-25)42-28-16-5-2-6-17-28)24-43-34-39-37-32(40(34)27-14-3-1-4-15-27)23-35-31-20-10-13-26-12-7-8-19-30(26)31/h1-22,35H,23-24H2,(H,38,41). The summed E-state index contributed by atoms with van der Waals surface area (Å²) in [6.45, 7) is 0.458. The van der Waals surface area contributed by atoms with Crippen LogP contribution in [0.1, 0.15) is 11.4 Å². The number of hydrazone groups is 1. The molecule has 0 spiro atoms. The Morgan fingerprint density at radius 1 is 0.814 bits per heavy atom. The summed E-state index contributed by atoms with van der Waals surface area (Å²) in [5.74, 6) is 2.03. The number of nitrogens with zero attached hydrogens (tertiary/aromatic N) is 4. The molecule has 0 saturated heterocycles. The molecule has 0 atom stereocenters. The highest BCUT2D eigenvalue weighted by Crippen LogP contribution is 2.26. The van der Waals surface area contributed by atoms with E-state index in [4.69, 9.17) is 4.74 Å². The topological polar surface area (TPSA) is 93.4 Å². The second-order valence-electron chi connectivity index (χ2n) is 9.52. The smallest absolute Gasteiger partial charge is 0.250 e. The molecule has 0 aliphatic rings. The van der Waals surface area contributed by atoms with E-state index in [-0.39, 0.29) is 11.7 Å². The maximum atomic E-state index is 12.7. The summed E-state index contributed by atoms with van der Waals surface area (Å²) in [5, 5.41) is 19.4. The van der Waals surface area contributed by atoms with Gasteiger partial charge < -0.3 is 10.1 Å². The van der Waals surface area contributed by atoms with Crippen LogP contribution < -0.4 is 15.5 Å². The van der Waals surface area contributed by atoms with Gasteiger partial charge in [-0.1, -0.05) is 96.7 Å². The minimum atomic E-state index is -0.254. The predicted octanol–water partition coefficient (Wildman–Crippen LogP) is 7.07. The Morgan fingerprint density at radius 2 is 1.53 bits per heavy atom. The molecule has 0 fully saturated rings. The average Bonchev–Trinajstić information content (AvgIpc) is 3.46. The molecule has 5 aromatic carbocycles. The van der Waals surface area contributed by atoms with Gasteiger partial charge in [0.05, 0.1) is 18.5 Å². The number of para-hydroxylation sites is 2. The molecule has 1 amide bonds. The normalized spacial score (nSPS) is 11.1. The van der Waals surface area contributed by atoms with Crippen molar-refractivity contribution in [1.82, 2.24) is 20.2 Å². The SMILES string of the molecule is O=C(CSc1nnc(CNc2cccc3ccccc23)n1-c1ccccc1)NN=Cc1cccc(Oc2ccccc2)c1. The lowest BCUT2D eigenvalue weighted by Crippen LogP contribution is -2.20. The highest BCUT2D eigenvalue weighted by Gasteiger charge is 2.16. The van der Waals surface area contributed by atoms with Gasteiger partial charge in [0.1, 0.15) is 11.5 Å². The third-order valence-corrected chi connectivity index (χ3v) is 7.44. The van der Waals surface area contributed by atoms with Gasteiger partial charge >= 0.3 is 0 Å². The molecule has 0 unspecified atom stereocenters. The molecule has 0 radical (unpaired) electrons. The second-order valence-corrected chi connectivity index (χ2v) is 10.5. The Labute approximate surface area is 253 Å². The molecule has 8 nitrogen and oxygen atoms in total. The number of benzene rings is 5. The molecular weight excluding hydrogens is 556 g/mol. The lowest BCUT2D eigenvalue weighted by atomic mass is 10.1. The quantitative estimate of drug-likeness (QED) is 0.0962. The van der Waals surface area contributed by atoms with Crippen molar-refractivity contribution in [2.24, 2.45) is 5.10 Å². The molecule has 0 bridgehead atoms. The second kappa shape index (κ2) is 13.5. The van der Waals surface area contributed by atoms with E-state index in [9.17, 15) is 4.79 Å². The van der Waals surface area contributed by atoms with Crippen LogP contribution in [0.5, 0.6) is 11.5 Å². The summed E-state index contributed by atoms with van der Waals surface area (Å²) >= 11 is 1.30. The number of amides is 1. The van der Waals surface area contributed by atoms with Gasteiger partial charge in [0, 0.05) is 16.8 Å². The van der Waals surface area contributed by atoms with Crippen molar-refractivity contribution >= 4 is 40.3 Å². The number of anilines is 1. The van der Waals surface area contributed by atoms with Gasteiger partial charge in [0.25, 0.3) is 5.91 Å². The number of thioether (sulfide) groups is 1. The van der Waals surface area contributed by atoms with E-state index in [2.05, 4.69) is 50.3 Å². The maximum Gasteiger partial charge on any atom is 0.250 e. The van der Waals surface area contributed by atoms with Crippen molar-refractivity contribution < 1.29 is 9.53 Å². The van der Waals surface area contributed by atoms with Crippen LogP contribution in [-0.2, 0) is 11.3 Å². The average molecular weight is 585 g/mol. The zero-order chi connectivity index (χ0) is 29.3. The Balaban J connectivity index is 1.10. The van der Waals surface area contributed by atoms with E-state index >= 15 is 0 Å². The van der Waals surface area contributed by atoms with Crippen LogP contribution in [0.3, 0.4) is 0 Å². The molecule has 6 rings (SSSR count). The lowest BCUT2D eigenvalue weighted by Gasteiger charge is -2.12. The third kappa shape index (κ3) is 7.09. The number of nitrogens with one attached hydrogen (secondary N) is 2. The fourth-order valence-corrected chi connectivity index (χ4v) is 5.29. The van der Waals surface area contributed by atoms with Gasteiger partial charge in [-0.2, -0.15) is 5.10 Å². The highest BCUT2D eigenvalue weighted by atomic mass is 32.2. The zero-order valence-electron chi connectivity index (χ0n) is 23.1. The summed E-state index contributed by atoms with van der Waals surface area (Å²) in [6, 6.07) is 41.3. The monoisotopic (exact) mass is 584 g/mol. The minimum absolute atomic E-state index is 0.121. The summed E-state index contributed by atoms with van der Waals surface area (Å²) < 4.78 is 7.84. The van der Waals surface area contributed by atoms with Crippen LogP contribution in [0.15, 0.2) is 138 Å². The largest absolute Gasteiger partial charge is 0.457 e. The Kier molecular flexibility index (Phi) is 8.71. The van der Waals surface area contributed by atoms with E-state index in [0.29, 0.717) is 17.5 Å². The fraction of sp³-hybridized carbons (Fsp3) is 0.0588. The zero-order valence-corrected chi connectivity index (χ0v) is 23.9. The number of hydrogen-bond donors (Lipinski definition) is 2. The van der Waals surface area contributed by atoms with Crippen LogP contribution in [0, 0.1) is 0 Å². The predicted molar refractivity (Wildman–Crippen MR) is 172 cm³/mol. The molecule has 0 aliphatic heterocycles. The van der Waals surface area contributed by atoms with Gasteiger partial charge in [-0.05, 0) is 53.4 Å². The number of carbonyl (C=O) groups is 1. The van der Waals surface area contributed by atoms with Crippen molar-refractivity contribution in [1.29, 1.82) is 0 Å². The first-order valence-corrected chi connectivity index (χ1v) is 14.7. The van der Waals surface area contributed by atoms with Gasteiger partial charge in [-0.15, -0.1) is 10.2 Å². The highest BCUT2D eigenvalue weighted by molar-refractivity contribution is 7.99. The lowest BCUT2D eigenvalue weighted by molar-refractivity contribution is -0.118. The third-order valence-electron chi connectivity index (χ3n) is 6.51. The number of rotatable bonds is 11. The molecule has 0 saturated carbocycles. The molecule has 9 heteroatoms. The number of carbonyl (C=O) groups excluding carboxylic acids is 1. The molecular formula is C34H28N6O2S. The number of hydrogen-bond acceptors (Lipinski definition) is 7. The van der Waals surface area contributed by atoms with Crippen LogP contribution in [-0.4, -0.2) is 32.6 Å². The first-order chi connectivity index (χ1) is 21.2. The van der Waals surface area contributed by atoms with E-state index in [1.54, 1.807) is 6.21 Å². The minimum Gasteiger partial charge on any atom is -0.457 e. The van der Waals surface area contributed by atoms with Crippen LogP contribution in [0.2, 0.25) is 0 Å². The molecule has 212 valence electrons. The van der Waals surface area contributed by atoms with Crippen LogP contribution >= 0.6 is 11.8 Å². The van der Waals surface area contributed by atoms with Crippen molar-refractivity contribution in [3.05, 3.63) is 139 Å². The first kappa shape index (κ1) is 27.7. The molecule has 0 aliphatic carbocycles. The van der Waals surface area contributed by atoms with Crippen molar-refractivity contribution in [2.75, 3.05) is 11.1 Å². The summed E-state index contributed by atoms with van der Waals surface area (Å²) in [6.07, 6.45) is 1.59. The fourth-order valence-electron chi connectivity index (χ4n) is 4.52. The van der Waals surface area contributed by atoms with Crippen LogP contribution in [0.25, 0.3) is 16.5 Å².